The fourth-order valence-electron chi connectivity index (χ4n) is 3.03. The van der Waals surface area contributed by atoms with Crippen molar-refractivity contribution in [3.63, 3.8) is 0 Å². The van der Waals surface area contributed by atoms with E-state index in [1.54, 1.807) is 24.6 Å². The lowest BCUT2D eigenvalue weighted by atomic mass is 9.86. The molecule has 25 heavy (non-hydrogen) atoms. The smallest absolute Gasteiger partial charge is 0.227 e. The van der Waals surface area contributed by atoms with Crippen molar-refractivity contribution >= 4 is 28.8 Å². The number of anilines is 2. The first kappa shape index (κ1) is 15.8. The first-order chi connectivity index (χ1) is 12.2. The maximum absolute atomic E-state index is 12.4. The molecule has 1 aliphatic rings. The van der Waals surface area contributed by atoms with Gasteiger partial charge in [-0.3, -0.25) is 4.79 Å². The number of nitrogens with zero attached hydrogens (tertiary/aromatic N) is 2. The number of hydrogen-bond donors (Lipinski definition) is 1. The Morgan fingerprint density at radius 1 is 1.20 bits per heavy atom. The Bertz CT molecular complexity index is 892. The molecule has 0 bridgehead atoms. The highest BCUT2D eigenvalue weighted by atomic mass is 32.1. The predicted molar refractivity (Wildman–Crippen MR) is 98.0 cm³/mol. The van der Waals surface area contributed by atoms with E-state index in [2.05, 4.69) is 21.4 Å². The van der Waals surface area contributed by atoms with Gasteiger partial charge in [-0.2, -0.15) is 0 Å². The largest absolute Gasteiger partial charge is 0.497 e. The first-order valence-corrected chi connectivity index (χ1v) is 8.94. The van der Waals surface area contributed by atoms with E-state index in [9.17, 15) is 4.79 Å². The number of Topliss-reactive ketones (excluding diaryl/α,β-unsaturated/α-hetero) is 1. The van der Waals surface area contributed by atoms with Crippen molar-refractivity contribution in [3.05, 3.63) is 64.1 Å². The summed E-state index contributed by atoms with van der Waals surface area (Å²) in [5.41, 5.74) is 2.34. The summed E-state index contributed by atoms with van der Waals surface area (Å²) in [6.45, 7) is 0. The number of nitrogens with one attached hydrogen (secondary N) is 1. The molecule has 2 aromatic heterocycles. The molecule has 1 atom stereocenters. The first-order valence-electron chi connectivity index (χ1n) is 8.06. The molecule has 1 N–H and O–H groups in total. The van der Waals surface area contributed by atoms with Crippen molar-refractivity contribution in [1.29, 1.82) is 0 Å². The molecular formula is C19H17N3O2S. The molecule has 0 unspecified atom stereocenters. The van der Waals surface area contributed by atoms with Crippen LogP contribution in [0.15, 0.2) is 48.0 Å². The quantitative estimate of drug-likeness (QED) is 0.763. The monoisotopic (exact) mass is 351 g/mol. The summed E-state index contributed by atoms with van der Waals surface area (Å²) < 4.78 is 5.16. The normalized spacial score (nSPS) is 16.4. The van der Waals surface area contributed by atoms with E-state index in [0.717, 1.165) is 23.6 Å². The molecule has 0 spiro atoms. The lowest BCUT2D eigenvalue weighted by Crippen LogP contribution is -2.20. The van der Waals surface area contributed by atoms with Crippen LogP contribution in [0.2, 0.25) is 0 Å². The average molecular weight is 351 g/mol. The van der Waals surface area contributed by atoms with Crippen LogP contribution in [0.1, 0.15) is 33.3 Å². The highest BCUT2D eigenvalue weighted by molar-refractivity contribution is 7.10. The Labute approximate surface area is 149 Å². The van der Waals surface area contributed by atoms with Gasteiger partial charge in [0.2, 0.25) is 5.95 Å². The Kier molecular flexibility index (Phi) is 4.19. The molecule has 0 amide bonds. The van der Waals surface area contributed by atoms with Crippen molar-refractivity contribution in [2.24, 2.45) is 0 Å². The van der Waals surface area contributed by atoms with Crippen LogP contribution in [-0.4, -0.2) is 22.9 Å². The molecule has 2 heterocycles. The van der Waals surface area contributed by atoms with Crippen LogP contribution in [-0.2, 0) is 6.42 Å². The minimum absolute atomic E-state index is 0.121. The number of carbonyl (C=O) groups excluding carboxylic acids is 1. The predicted octanol–water partition coefficient (Wildman–Crippen LogP) is 4.20. The van der Waals surface area contributed by atoms with Gasteiger partial charge in [-0.15, -0.1) is 11.3 Å². The topological polar surface area (TPSA) is 64.1 Å². The number of fused-ring (bicyclic) bond motifs is 1. The third-order valence-corrected chi connectivity index (χ3v) is 5.37. The third kappa shape index (κ3) is 3.25. The molecule has 0 saturated heterocycles. The van der Waals surface area contributed by atoms with E-state index in [1.165, 1.54) is 4.88 Å². The van der Waals surface area contributed by atoms with Gasteiger partial charge in [-0.1, -0.05) is 6.07 Å². The van der Waals surface area contributed by atoms with Crippen LogP contribution in [0, 0.1) is 0 Å². The third-order valence-electron chi connectivity index (χ3n) is 4.33. The van der Waals surface area contributed by atoms with Gasteiger partial charge in [-0.05, 0) is 42.1 Å². The lowest BCUT2D eigenvalue weighted by molar-refractivity contribution is 0.0963. The standard InChI is InChI=1S/C19H17N3O2S/c1-24-14-6-4-13(5-7-14)21-19-20-11-15-16(22-19)9-12(10-17(15)23)18-3-2-8-25-18/h2-8,11-12H,9-10H2,1H3,(H,20,21,22)/t12-/m1/s1. The molecule has 4 rings (SSSR count). The molecule has 0 fully saturated rings. The minimum Gasteiger partial charge on any atom is -0.497 e. The molecule has 6 heteroatoms. The molecule has 1 aliphatic carbocycles. The summed E-state index contributed by atoms with van der Waals surface area (Å²) in [7, 11) is 1.63. The summed E-state index contributed by atoms with van der Waals surface area (Å²) in [6, 6.07) is 11.7. The molecule has 1 aromatic carbocycles. The SMILES string of the molecule is COc1ccc(Nc2ncc3c(n2)C[C@@H](c2cccs2)CC3=O)cc1. The fraction of sp³-hybridized carbons (Fsp3) is 0.211. The van der Waals surface area contributed by atoms with E-state index in [1.807, 2.05) is 35.7 Å². The van der Waals surface area contributed by atoms with Crippen molar-refractivity contribution in [2.75, 3.05) is 12.4 Å². The molecular weight excluding hydrogens is 334 g/mol. The van der Waals surface area contributed by atoms with Crippen LogP contribution < -0.4 is 10.1 Å². The van der Waals surface area contributed by atoms with Crippen LogP contribution in [0.25, 0.3) is 0 Å². The second-order valence-electron chi connectivity index (χ2n) is 5.95. The van der Waals surface area contributed by atoms with Crippen molar-refractivity contribution in [3.8, 4) is 5.75 Å². The van der Waals surface area contributed by atoms with Gasteiger partial charge in [0, 0.05) is 29.1 Å². The summed E-state index contributed by atoms with van der Waals surface area (Å²) in [5.74, 6) is 1.63. The Morgan fingerprint density at radius 2 is 2.04 bits per heavy atom. The number of benzene rings is 1. The minimum atomic E-state index is 0.121. The number of hydrogen-bond acceptors (Lipinski definition) is 6. The average Bonchev–Trinajstić information content (AvgIpc) is 3.17. The van der Waals surface area contributed by atoms with Gasteiger partial charge in [0.05, 0.1) is 18.4 Å². The number of rotatable bonds is 4. The molecule has 0 radical (unpaired) electrons. The maximum atomic E-state index is 12.4. The number of aromatic nitrogens is 2. The summed E-state index contributed by atoms with van der Waals surface area (Å²) >= 11 is 1.69. The Morgan fingerprint density at radius 3 is 2.76 bits per heavy atom. The van der Waals surface area contributed by atoms with E-state index in [-0.39, 0.29) is 11.7 Å². The summed E-state index contributed by atoms with van der Waals surface area (Å²) in [6.07, 6.45) is 2.94. The van der Waals surface area contributed by atoms with Crippen LogP contribution in [0.3, 0.4) is 0 Å². The van der Waals surface area contributed by atoms with Crippen molar-refractivity contribution in [1.82, 2.24) is 9.97 Å². The van der Waals surface area contributed by atoms with Crippen molar-refractivity contribution in [2.45, 2.75) is 18.8 Å². The van der Waals surface area contributed by atoms with Crippen LogP contribution >= 0.6 is 11.3 Å². The number of methoxy groups -OCH3 is 1. The number of ketones is 1. The van der Waals surface area contributed by atoms with Gasteiger partial charge in [0.25, 0.3) is 0 Å². The summed E-state index contributed by atoms with van der Waals surface area (Å²) in [4.78, 5) is 22.5. The zero-order valence-electron chi connectivity index (χ0n) is 13.7. The van der Waals surface area contributed by atoms with E-state index in [0.29, 0.717) is 17.9 Å². The van der Waals surface area contributed by atoms with Crippen molar-refractivity contribution < 1.29 is 9.53 Å². The maximum Gasteiger partial charge on any atom is 0.227 e. The number of carbonyl (C=O) groups is 1. The Hall–Kier alpha value is -2.73. The van der Waals surface area contributed by atoms with Gasteiger partial charge in [0.1, 0.15) is 5.75 Å². The van der Waals surface area contributed by atoms with Gasteiger partial charge in [-0.25, -0.2) is 9.97 Å². The molecule has 3 aromatic rings. The van der Waals surface area contributed by atoms with E-state index in [4.69, 9.17) is 4.74 Å². The lowest BCUT2D eigenvalue weighted by Gasteiger charge is -2.22. The number of thiophene rings is 1. The van der Waals surface area contributed by atoms with Gasteiger partial charge < -0.3 is 10.1 Å². The molecule has 0 saturated carbocycles. The zero-order chi connectivity index (χ0) is 17.2. The fourth-order valence-corrected chi connectivity index (χ4v) is 3.86. The van der Waals surface area contributed by atoms with E-state index >= 15 is 0 Å². The second-order valence-corrected chi connectivity index (χ2v) is 6.93. The number of ether oxygens (including phenoxy) is 1. The zero-order valence-corrected chi connectivity index (χ0v) is 14.5. The molecule has 0 aliphatic heterocycles. The van der Waals surface area contributed by atoms with Gasteiger partial charge >= 0.3 is 0 Å². The van der Waals surface area contributed by atoms with Crippen LogP contribution in [0.5, 0.6) is 5.75 Å². The molecule has 126 valence electrons. The second kappa shape index (κ2) is 6.64. The highest BCUT2D eigenvalue weighted by Gasteiger charge is 2.28. The highest BCUT2D eigenvalue weighted by Crippen LogP contribution is 2.34. The van der Waals surface area contributed by atoms with E-state index < -0.39 is 0 Å². The van der Waals surface area contributed by atoms with Gasteiger partial charge in [0.15, 0.2) is 5.78 Å². The van der Waals surface area contributed by atoms with Crippen LogP contribution in [0.4, 0.5) is 11.6 Å². The molecule has 5 nitrogen and oxygen atoms in total. The summed E-state index contributed by atoms with van der Waals surface area (Å²) in [5, 5.41) is 5.23. The Balaban J connectivity index is 1.58.